The Morgan fingerprint density at radius 1 is 1.12 bits per heavy atom. The van der Waals surface area contributed by atoms with Crippen LogP contribution in [-0.4, -0.2) is 44.5 Å². The minimum atomic E-state index is -0.894. The Bertz CT molecular complexity index is 988. The molecule has 1 aliphatic carbocycles. The van der Waals surface area contributed by atoms with Crippen LogP contribution in [-0.2, 0) is 23.9 Å². The number of rotatable bonds is 7. The number of ketones is 1. The van der Waals surface area contributed by atoms with Crippen LogP contribution in [0.1, 0.15) is 52.5 Å². The maximum atomic E-state index is 13.7. The molecule has 0 aromatic heterocycles. The van der Waals surface area contributed by atoms with Crippen LogP contribution in [0.3, 0.4) is 0 Å². The highest BCUT2D eigenvalue weighted by Crippen LogP contribution is 2.45. The van der Waals surface area contributed by atoms with Gasteiger partial charge in [-0.1, -0.05) is 19.1 Å². The highest BCUT2D eigenvalue weighted by atomic mass is 16.5. The number of hydrogen-bond acceptors (Lipinski definition) is 7. The molecule has 0 spiro atoms. The molecule has 0 unspecified atom stereocenters. The van der Waals surface area contributed by atoms with Gasteiger partial charge in [-0.2, -0.15) is 0 Å². The van der Waals surface area contributed by atoms with Crippen molar-refractivity contribution in [2.45, 2.75) is 47.0 Å². The lowest BCUT2D eigenvalue weighted by molar-refractivity contribution is -0.151. The number of ether oxygens (including phenoxy) is 2. The first-order valence-electron chi connectivity index (χ1n) is 11.6. The molecule has 1 N–H and O–H groups in total. The zero-order valence-corrected chi connectivity index (χ0v) is 20.4. The van der Waals surface area contributed by atoms with Gasteiger partial charge in [0.15, 0.2) is 5.78 Å². The molecule has 178 valence electrons. The van der Waals surface area contributed by atoms with E-state index in [9.17, 15) is 14.4 Å². The van der Waals surface area contributed by atoms with Crippen molar-refractivity contribution in [1.82, 2.24) is 5.32 Å². The lowest BCUT2D eigenvalue weighted by Crippen LogP contribution is -2.43. The first-order valence-corrected chi connectivity index (χ1v) is 11.6. The van der Waals surface area contributed by atoms with Gasteiger partial charge in [0.1, 0.15) is 5.92 Å². The summed E-state index contributed by atoms with van der Waals surface area (Å²) in [6, 6.07) is 7.94. The average Bonchev–Trinajstić information content (AvgIpc) is 2.79. The van der Waals surface area contributed by atoms with E-state index in [4.69, 9.17) is 9.47 Å². The van der Waals surface area contributed by atoms with Crippen molar-refractivity contribution < 1.29 is 23.9 Å². The first kappa shape index (κ1) is 24.6. The molecule has 0 saturated carbocycles. The topological polar surface area (TPSA) is 84.9 Å². The third-order valence-corrected chi connectivity index (χ3v) is 6.59. The van der Waals surface area contributed by atoms with Gasteiger partial charge in [-0.3, -0.25) is 9.59 Å². The minimum Gasteiger partial charge on any atom is -0.468 e. The molecule has 3 rings (SSSR count). The number of dihydropyridines is 1. The molecule has 3 atom stereocenters. The van der Waals surface area contributed by atoms with Gasteiger partial charge in [0.05, 0.1) is 19.3 Å². The summed E-state index contributed by atoms with van der Waals surface area (Å²) in [7, 11) is 1.29. The zero-order chi connectivity index (χ0) is 24.3. The summed E-state index contributed by atoms with van der Waals surface area (Å²) < 4.78 is 10.3. The van der Waals surface area contributed by atoms with Crippen molar-refractivity contribution in [3.05, 3.63) is 52.4 Å². The predicted molar refractivity (Wildman–Crippen MR) is 127 cm³/mol. The maximum absolute atomic E-state index is 13.7. The minimum absolute atomic E-state index is 0.209. The second kappa shape index (κ2) is 10.2. The summed E-state index contributed by atoms with van der Waals surface area (Å²) >= 11 is 0. The van der Waals surface area contributed by atoms with Gasteiger partial charge >= 0.3 is 11.9 Å². The Balaban J connectivity index is 2.15. The fourth-order valence-electron chi connectivity index (χ4n) is 4.96. The van der Waals surface area contributed by atoms with Crippen molar-refractivity contribution in [1.29, 1.82) is 0 Å². The SMILES string of the molecule is CCOC(=O)C1=C(C)NC2=C(C(=O)[C@H](C(=O)OC)[C@@H](C)C2)[C@@H]1c1ccc(N(CC)CC)cc1. The van der Waals surface area contributed by atoms with Crippen LogP contribution in [0.2, 0.25) is 0 Å². The Morgan fingerprint density at radius 3 is 2.30 bits per heavy atom. The van der Waals surface area contributed by atoms with E-state index >= 15 is 0 Å². The van der Waals surface area contributed by atoms with Crippen LogP contribution in [0.15, 0.2) is 46.8 Å². The number of hydrogen-bond donors (Lipinski definition) is 1. The van der Waals surface area contributed by atoms with Gasteiger partial charge in [-0.25, -0.2) is 4.79 Å². The zero-order valence-electron chi connectivity index (χ0n) is 20.4. The number of allylic oxidation sites excluding steroid dienone is 3. The fourth-order valence-corrected chi connectivity index (χ4v) is 4.96. The Morgan fingerprint density at radius 2 is 1.76 bits per heavy atom. The smallest absolute Gasteiger partial charge is 0.336 e. The Kier molecular flexibility index (Phi) is 7.61. The van der Waals surface area contributed by atoms with Crippen LogP contribution in [0, 0.1) is 11.8 Å². The monoisotopic (exact) mass is 454 g/mol. The van der Waals surface area contributed by atoms with E-state index in [2.05, 4.69) is 24.1 Å². The molecule has 7 heteroatoms. The summed E-state index contributed by atoms with van der Waals surface area (Å²) in [6.07, 6.45) is 0.516. The molecule has 1 heterocycles. The standard InChI is InChI=1S/C26H34N2O5/c1-7-28(8-2)18-12-10-17(11-13-18)22-21(26(31)33-9-3)16(5)27-19-14-15(4)20(25(30)32-6)24(29)23(19)22/h10-13,15,20,22,27H,7-9,14H2,1-6H3/t15-,20+,22+/m0/s1. The average molecular weight is 455 g/mol. The second-order valence-corrected chi connectivity index (χ2v) is 8.52. The lowest BCUT2D eigenvalue weighted by Gasteiger charge is -2.38. The number of Topliss-reactive ketones (excluding diaryl/α,β-unsaturated/α-hetero) is 1. The van der Waals surface area contributed by atoms with E-state index < -0.39 is 23.8 Å². The third kappa shape index (κ3) is 4.54. The van der Waals surface area contributed by atoms with E-state index in [1.807, 2.05) is 38.1 Å². The highest BCUT2D eigenvalue weighted by molar-refractivity contribution is 6.12. The quantitative estimate of drug-likeness (QED) is 0.497. The number of methoxy groups -OCH3 is 1. The lowest BCUT2D eigenvalue weighted by atomic mass is 9.69. The molecule has 7 nitrogen and oxygen atoms in total. The molecule has 33 heavy (non-hydrogen) atoms. The maximum Gasteiger partial charge on any atom is 0.336 e. The molecule has 0 bridgehead atoms. The van der Waals surface area contributed by atoms with Gasteiger partial charge < -0.3 is 19.7 Å². The van der Waals surface area contributed by atoms with Gasteiger partial charge in [0.2, 0.25) is 0 Å². The van der Waals surface area contributed by atoms with Gasteiger partial charge in [-0.15, -0.1) is 0 Å². The molecule has 1 aromatic carbocycles. The predicted octanol–water partition coefficient (Wildman–Crippen LogP) is 3.71. The summed E-state index contributed by atoms with van der Waals surface area (Å²) in [6.45, 7) is 11.6. The number of nitrogens with one attached hydrogen (secondary N) is 1. The molecule has 1 aromatic rings. The van der Waals surface area contributed by atoms with Crippen LogP contribution < -0.4 is 10.2 Å². The highest BCUT2D eigenvalue weighted by Gasteiger charge is 2.47. The van der Waals surface area contributed by atoms with Gasteiger partial charge in [-0.05, 0) is 57.7 Å². The molecular weight excluding hydrogens is 420 g/mol. The number of carbonyl (C=O) groups is 3. The van der Waals surface area contributed by atoms with Gasteiger partial charge in [0.25, 0.3) is 0 Å². The van der Waals surface area contributed by atoms with Crippen molar-refractivity contribution in [3.8, 4) is 0 Å². The number of benzene rings is 1. The first-order chi connectivity index (χ1) is 15.8. The van der Waals surface area contributed by atoms with Crippen molar-refractivity contribution >= 4 is 23.4 Å². The largest absolute Gasteiger partial charge is 0.468 e. The van der Waals surface area contributed by atoms with Gasteiger partial charge in [0, 0.05) is 41.7 Å². The van der Waals surface area contributed by atoms with E-state index in [0.717, 1.165) is 30.0 Å². The van der Waals surface area contributed by atoms with E-state index in [0.29, 0.717) is 23.3 Å². The summed E-state index contributed by atoms with van der Waals surface area (Å²) in [5, 5.41) is 3.27. The second-order valence-electron chi connectivity index (χ2n) is 8.52. The summed E-state index contributed by atoms with van der Waals surface area (Å²) in [5.41, 5.74) is 4.16. The number of nitrogens with zero attached hydrogens (tertiary/aromatic N) is 1. The fraction of sp³-hybridized carbons (Fsp3) is 0.500. The molecule has 1 aliphatic heterocycles. The molecular formula is C26H34N2O5. The van der Waals surface area contributed by atoms with Crippen LogP contribution in [0.4, 0.5) is 5.69 Å². The molecule has 2 aliphatic rings. The van der Waals surface area contributed by atoms with Crippen molar-refractivity contribution in [3.63, 3.8) is 0 Å². The van der Waals surface area contributed by atoms with E-state index in [1.54, 1.807) is 6.92 Å². The summed E-state index contributed by atoms with van der Waals surface area (Å²) in [5.74, 6) is -3.02. The molecule has 0 amide bonds. The third-order valence-electron chi connectivity index (χ3n) is 6.59. The number of carbonyl (C=O) groups excluding carboxylic acids is 3. The molecule has 0 saturated heterocycles. The van der Waals surface area contributed by atoms with Crippen LogP contribution in [0.5, 0.6) is 0 Å². The Labute approximate surface area is 195 Å². The van der Waals surface area contributed by atoms with E-state index in [-0.39, 0.29) is 18.3 Å². The number of esters is 2. The molecule has 0 fully saturated rings. The van der Waals surface area contributed by atoms with Crippen molar-refractivity contribution in [2.24, 2.45) is 11.8 Å². The molecule has 0 radical (unpaired) electrons. The van der Waals surface area contributed by atoms with Crippen LogP contribution >= 0.6 is 0 Å². The van der Waals surface area contributed by atoms with E-state index in [1.165, 1.54) is 7.11 Å². The normalized spacial score (nSPS) is 22.5. The Hall–Kier alpha value is -3.09. The summed E-state index contributed by atoms with van der Waals surface area (Å²) in [4.78, 5) is 41.4. The number of anilines is 1. The van der Waals surface area contributed by atoms with Crippen molar-refractivity contribution in [2.75, 3.05) is 31.7 Å². The van der Waals surface area contributed by atoms with Crippen LogP contribution in [0.25, 0.3) is 0 Å².